The van der Waals surface area contributed by atoms with Crippen LogP contribution in [0.25, 0.3) is 44.1 Å². The van der Waals surface area contributed by atoms with Crippen LogP contribution in [0.1, 0.15) is 37.8 Å². The maximum absolute atomic E-state index is 4.58. The van der Waals surface area contributed by atoms with E-state index in [9.17, 15) is 0 Å². The van der Waals surface area contributed by atoms with Crippen LogP contribution in [0.3, 0.4) is 0 Å². The number of benzene rings is 2. The Morgan fingerprint density at radius 1 is 0.604 bits per heavy atom. The number of fused-ring (bicyclic) bond motifs is 2. The van der Waals surface area contributed by atoms with Crippen molar-refractivity contribution < 1.29 is 23.0 Å². The van der Waals surface area contributed by atoms with E-state index in [2.05, 4.69) is 149 Å². The summed E-state index contributed by atoms with van der Waals surface area (Å²) < 4.78 is 0. The monoisotopic (exact) mass is 850 g/mol. The summed E-state index contributed by atoms with van der Waals surface area (Å²) in [5.74, 6) is 0. The van der Waals surface area contributed by atoms with E-state index in [1.54, 1.807) is 0 Å². The van der Waals surface area contributed by atoms with E-state index in [1.807, 2.05) is 24.5 Å². The summed E-state index contributed by atoms with van der Waals surface area (Å²) in [5.41, 5.74) is 7.83. The van der Waals surface area contributed by atoms with Crippen molar-refractivity contribution in [3.05, 3.63) is 108 Å². The van der Waals surface area contributed by atoms with E-state index in [4.69, 9.17) is 0 Å². The minimum absolute atomic E-state index is 0.259. The van der Waals surface area contributed by atoms with Gasteiger partial charge >= 0.3 is 41.6 Å². The van der Waals surface area contributed by atoms with Crippen LogP contribution in [-0.4, -0.2) is 31.6 Å². The normalized spacial score (nSPS) is 11.6. The van der Waals surface area contributed by atoms with Gasteiger partial charge in [-0.1, -0.05) is 101 Å². The van der Waals surface area contributed by atoms with Gasteiger partial charge < -0.3 is 0 Å². The summed E-state index contributed by atoms with van der Waals surface area (Å²) in [7, 11) is -2.59. The molecule has 0 unspecified atom stereocenters. The third-order valence-corrected chi connectivity index (χ3v) is 12.5. The van der Waals surface area contributed by atoms with Gasteiger partial charge in [0, 0.05) is 12.4 Å². The molecule has 2 aromatic heterocycles. The molecule has 0 aliphatic carbocycles. The molecule has 6 aromatic rings. The average Bonchev–Trinajstić information content (AvgIpc) is 3.67. The van der Waals surface area contributed by atoms with Gasteiger partial charge in [0.2, 0.25) is 0 Å². The van der Waals surface area contributed by atoms with Gasteiger partial charge in [0.05, 0.1) is 27.5 Å². The van der Waals surface area contributed by atoms with Crippen molar-refractivity contribution >= 4 is 53.6 Å². The van der Waals surface area contributed by atoms with Gasteiger partial charge in [-0.05, 0) is 48.2 Å². The molecule has 0 fully saturated rings. The Hall–Kier alpha value is -2.52. The van der Waals surface area contributed by atoms with Gasteiger partial charge in [0.1, 0.15) is 0 Å². The van der Waals surface area contributed by atoms with Crippen molar-refractivity contribution in [1.82, 2.24) is 9.97 Å². The molecule has 0 bridgehead atoms. The quantitative estimate of drug-likeness (QED) is 0.113. The van der Waals surface area contributed by atoms with Gasteiger partial charge in [-0.3, -0.25) is 9.97 Å². The van der Waals surface area contributed by atoms with E-state index in [1.165, 1.54) is 90.0 Å². The van der Waals surface area contributed by atoms with Crippen LogP contribution in [0.2, 0.25) is 52.4 Å². The van der Waals surface area contributed by atoms with Crippen LogP contribution in [-0.2, 0) is 35.8 Å². The van der Waals surface area contributed by atoms with E-state index in [-0.39, 0.29) is 5.49 Å². The zero-order chi connectivity index (χ0) is 35.1. The molecule has 0 spiro atoms. The molecule has 0 aliphatic heterocycles. The zero-order valence-corrected chi connectivity index (χ0v) is 37.6. The first-order valence-electron chi connectivity index (χ1n) is 17.5. The molecule has 0 N–H and O–H groups in total. The maximum atomic E-state index is 4.58. The Morgan fingerprint density at radius 2 is 0.979 bits per heavy atom. The zero-order valence-electron chi connectivity index (χ0n) is 31.0. The van der Waals surface area contributed by atoms with Gasteiger partial charge in [-0.15, -0.1) is 56.2 Å². The number of rotatable bonds is 8. The second kappa shape index (κ2) is 16.9. The Bertz CT molecular complexity index is 1800. The van der Waals surface area contributed by atoms with E-state index in [0.29, 0.717) is 0 Å². The number of aromatic nitrogens is 2. The van der Waals surface area contributed by atoms with Crippen molar-refractivity contribution in [2.24, 2.45) is 0 Å². The Balaban J connectivity index is 0.000000195. The Kier molecular flexibility index (Phi) is 13.5. The molecule has 0 atom stereocenters. The Labute approximate surface area is 307 Å². The number of hydrogen-bond acceptors (Lipinski definition) is 2. The number of aryl methyl sites for hydroxylation is 2. The third-order valence-electron chi connectivity index (χ3n) is 8.46. The molecule has 248 valence electrons. The fraction of sp³-hybridized carbons (Fsp3) is 0.333. The number of pyridine rings is 2. The van der Waals surface area contributed by atoms with Crippen LogP contribution in [0, 0.1) is 0 Å². The van der Waals surface area contributed by atoms with Crippen LogP contribution >= 0.6 is 0 Å². The van der Waals surface area contributed by atoms with Crippen molar-refractivity contribution in [2.45, 2.75) is 91.9 Å². The Morgan fingerprint density at radius 3 is 1.27 bits per heavy atom. The van der Waals surface area contributed by atoms with Crippen molar-refractivity contribution in [3.8, 4) is 22.5 Å². The van der Waals surface area contributed by atoms with Gasteiger partial charge in [0.15, 0.2) is 0 Å². The molecular weight excluding hydrogens is 795 g/mol. The van der Waals surface area contributed by atoms with Gasteiger partial charge in [-0.2, -0.15) is 12.1 Å². The molecule has 2 nitrogen and oxygen atoms in total. The van der Waals surface area contributed by atoms with E-state index >= 15 is 0 Å². The van der Waals surface area contributed by atoms with Crippen molar-refractivity contribution in [2.75, 3.05) is 0 Å². The molecule has 4 aromatic carbocycles. The van der Waals surface area contributed by atoms with Crippen LogP contribution < -0.4 is 10.4 Å². The second-order valence-electron chi connectivity index (χ2n) is 15.2. The summed E-state index contributed by atoms with van der Waals surface area (Å²) in [4.78, 5) is 9.17. The second-order valence-corrected chi connectivity index (χ2v) is 38.1. The summed E-state index contributed by atoms with van der Waals surface area (Å²) in [5, 5.41) is 8.54. The molecule has 0 radical (unpaired) electrons. The first-order chi connectivity index (χ1) is 22.7. The molecular formula is C42H54HfN2Si3. The van der Waals surface area contributed by atoms with Crippen LogP contribution in [0.15, 0.2) is 97.3 Å². The predicted molar refractivity (Wildman–Crippen MR) is 217 cm³/mol. The first-order valence-corrected chi connectivity index (χ1v) is 32.4. The molecule has 6 rings (SSSR count). The first kappa shape index (κ1) is 38.3. The van der Waals surface area contributed by atoms with Crippen LogP contribution in [0.4, 0.5) is 0 Å². The fourth-order valence-corrected chi connectivity index (χ4v) is 8.30. The summed E-state index contributed by atoms with van der Waals surface area (Å²) in [6.07, 6.45) is 8.38. The molecule has 2 heterocycles. The number of nitrogens with zero attached hydrogens (tertiary/aromatic N) is 2. The summed E-state index contributed by atoms with van der Waals surface area (Å²) in [6, 6.07) is 31.4. The van der Waals surface area contributed by atoms with Crippen molar-refractivity contribution in [3.63, 3.8) is 0 Å². The van der Waals surface area contributed by atoms with Crippen molar-refractivity contribution in [1.29, 1.82) is 0 Å². The molecule has 0 saturated carbocycles. The van der Waals surface area contributed by atoms with Crippen LogP contribution in [0.5, 0.6) is 0 Å². The average molecular weight is 850 g/mol. The molecule has 6 heteroatoms. The third kappa shape index (κ3) is 10.3. The van der Waals surface area contributed by atoms with E-state index in [0.717, 1.165) is 24.2 Å². The molecule has 0 saturated heterocycles. The fourth-order valence-electron chi connectivity index (χ4n) is 5.97. The topological polar surface area (TPSA) is 25.8 Å². The van der Waals surface area contributed by atoms with Gasteiger partial charge in [0.25, 0.3) is 0 Å². The molecule has 48 heavy (non-hydrogen) atoms. The standard InChI is InChI=1S/2C20H24NSi.C2H6Si.Hf/c2*1-5-8-15-11-16-13-17(22(2,3)4)14-18(16)19(12-15)20-9-6-7-10-21-20;1-3-2;/h2*6-7,9-14H,5,8H2,1-4H3;1-2H3;/q2*-1;;+2. The summed E-state index contributed by atoms with van der Waals surface area (Å²) >= 11 is 1.45. The summed E-state index contributed by atoms with van der Waals surface area (Å²) in [6.45, 7) is 23.6. The molecule has 0 aliphatic rings. The number of hydrogen-bond donors (Lipinski definition) is 0. The minimum atomic E-state index is -1.30. The molecule has 0 amide bonds. The SMILES string of the molecule is CCCc1cc(-c2ccccn2)c2cc([Si](C)(C)C)[cH-]c2c1.CCCc1cc(-c2ccccn2)c2cc([Si](C)(C)C)[cH-]c2c1.C[Si](C)=[Hf+2]. The predicted octanol–water partition coefficient (Wildman–Crippen LogP) is 11.0. The van der Waals surface area contributed by atoms with E-state index < -0.39 is 16.1 Å². The van der Waals surface area contributed by atoms with Gasteiger partial charge in [-0.25, -0.2) is 0 Å².